The Bertz CT molecular complexity index is 431. The molecule has 1 rings (SSSR count). The first-order chi connectivity index (χ1) is 6.51. The lowest BCUT2D eigenvalue weighted by atomic mass is 10.3. The van der Waals surface area contributed by atoms with Crippen LogP contribution in [0, 0.1) is 0 Å². The van der Waals surface area contributed by atoms with Crippen LogP contribution in [0.3, 0.4) is 0 Å². The van der Waals surface area contributed by atoms with Crippen LogP contribution in [0.1, 0.15) is 0 Å². The summed E-state index contributed by atoms with van der Waals surface area (Å²) >= 11 is 3.13. The summed E-state index contributed by atoms with van der Waals surface area (Å²) in [5, 5.41) is 8.38. The predicted octanol–water partition coefficient (Wildman–Crippen LogP) is 1.13. The van der Waals surface area contributed by atoms with Crippen molar-refractivity contribution < 1.29 is 18.4 Å². The van der Waals surface area contributed by atoms with Gasteiger partial charge in [0.05, 0.1) is 16.5 Å². The lowest BCUT2D eigenvalue weighted by Gasteiger charge is -2.05. The van der Waals surface area contributed by atoms with E-state index in [4.69, 9.17) is 9.94 Å². The van der Waals surface area contributed by atoms with E-state index in [0.29, 0.717) is 10.2 Å². The molecule has 1 aromatic carbocycles. The Balaban J connectivity index is 3.22. The van der Waals surface area contributed by atoms with Crippen molar-refractivity contribution in [2.24, 2.45) is 0 Å². The standard InChI is InChI=1S/C7H8BrNO4S/c1-13-7-3-2-5(4-6(7)8)14(11,12)9-10/h2-4,9-10H,1H3. The SMILES string of the molecule is COc1ccc(S(=O)(=O)NO)cc1Br. The van der Waals surface area contributed by atoms with Gasteiger partial charge in [0, 0.05) is 0 Å². The number of ether oxygens (including phenoxy) is 1. The fraction of sp³-hybridized carbons (Fsp3) is 0.143. The summed E-state index contributed by atoms with van der Waals surface area (Å²) in [5.74, 6) is 0.516. The molecule has 0 aliphatic carbocycles. The van der Waals surface area contributed by atoms with E-state index in [1.165, 1.54) is 30.2 Å². The molecule has 1 aromatic rings. The van der Waals surface area contributed by atoms with Gasteiger partial charge in [-0.3, -0.25) is 0 Å². The number of methoxy groups -OCH3 is 1. The highest BCUT2D eigenvalue weighted by Crippen LogP contribution is 2.27. The van der Waals surface area contributed by atoms with Crippen molar-refractivity contribution in [2.45, 2.75) is 4.90 Å². The van der Waals surface area contributed by atoms with Crippen LogP contribution in [-0.2, 0) is 10.0 Å². The quantitative estimate of drug-likeness (QED) is 0.815. The molecule has 0 saturated heterocycles. The highest BCUT2D eigenvalue weighted by atomic mass is 79.9. The van der Waals surface area contributed by atoms with Crippen LogP contribution in [-0.4, -0.2) is 20.7 Å². The molecule has 0 heterocycles. The van der Waals surface area contributed by atoms with Crippen LogP contribution < -0.4 is 9.62 Å². The second-order valence-electron chi connectivity index (χ2n) is 2.39. The molecule has 0 saturated carbocycles. The van der Waals surface area contributed by atoms with E-state index in [9.17, 15) is 8.42 Å². The fourth-order valence-corrected chi connectivity index (χ4v) is 2.18. The molecular weight excluding hydrogens is 274 g/mol. The van der Waals surface area contributed by atoms with Crippen LogP contribution in [0.5, 0.6) is 5.75 Å². The number of hydrogen-bond donors (Lipinski definition) is 2. The molecule has 14 heavy (non-hydrogen) atoms. The van der Waals surface area contributed by atoms with Gasteiger partial charge in [0.1, 0.15) is 5.75 Å². The monoisotopic (exact) mass is 281 g/mol. The van der Waals surface area contributed by atoms with E-state index in [2.05, 4.69) is 15.9 Å². The minimum atomic E-state index is -3.83. The smallest absolute Gasteiger partial charge is 0.262 e. The molecule has 78 valence electrons. The van der Waals surface area contributed by atoms with Gasteiger partial charge >= 0.3 is 0 Å². The minimum absolute atomic E-state index is 0.0484. The zero-order valence-electron chi connectivity index (χ0n) is 7.19. The zero-order chi connectivity index (χ0) is 10.8. The van der Waals surface area contributed by atoms with E-state index in [-0.39, 0.29) is 4.90 Å². The lowest BCUT2D eigenvalue weighted by Crippen LogP contribution is -2.19. The summed E-state index contributed by atoms with van der Waals surface area (Å²) in [6.45, 7) is 0. The van der Waals surface area contributed by atoms with Gasteiger partial charge in [0.25, 0.3) is 10.0 Å². The summed E-state index contributed by atoms with van der Waals surface area (Å²) < 4.78 is 27.7. The van der Waals surface area contributed by atoms with E-state index in [1.54, 1.807) is 0 Å². The normalized spacial score (nSPS) is 11.4. The fourth-order valence-electron chi connectivity index (χ4n) is 0.867. The molecule has 5 nitrogen and oxygen atoms in total. The first kappa shape index (κ1) is 11.4. The van der Waals surface area contributed by atoms with Gasteiger partial charge in [-0.2, -0.15) is 0 Å². The molecule has 0 amide bonds. The second-order valence-corrected chi connectivity index (χ2v) is 4.91. The summed E-state index contributed by atoms with van der Waals surface area (Å²) in [4.78, 5) is 1.18. The first-order valence-electron chi connectivity index (χ1n) is 3.50. The van der Waals surface area contributed by atoms with E-state index in [1.807, 2.05) is 0 Å². The third-order valence-corrected chi connectivity index (χ3v) is 3.29. The average Bonchev–Trinajstić information content (AvgIpc) is 2.17. The van der Waals surface area contributed by atoms with Crippen LogP contribution in [0.4, 0.5) is 0 Å². The molecule has 0 aliphatic rings. The maximum Gasteiger partial charge on any atom is 0.262 e. The van der Waals surface area contributed by atoms with Gasteiger partial charge in [-0.15, -0.1) is 0 Å². The molecule has 0 aliphatic heterocycles. The zero-order valence-corrected chi connectivity index (χ0v) is 9.59. The number of sulfonamides is 1. The number of nitrogens with one attached hydrogen (secondary N) is 1. The van der Waals surface area contributed by atoms with Crippen molar-refractivity contribution in [1.82, 2.24) is 4.89 Å². The lowest BCUT2D eigenvalue weighted by molar-refractivity contribution is 0.242. The van der Waals surface area contributed by atoms with Crippen molar-refractivity contribution in [1.29, 1.82) is 0 Å². The topological polar surface area (TPSA) is 75.6 Å². The van der Waals surface area contributed by atoms with Gasteiger partial charge < -0.3 is 9.94 Å². The molecule has 0 unspecified atom stereocenters. The van der Waals surface area contributed by atoms with Crippen LogP contribution in [0.15, 0.2) is 27.6 Å². The second kappa shape index (κ2) is 4.26. The van der Waals surface area contributed by atoms with Gasteiger partial charge in [-0.25, -0.2) is 8.42 Å². The number of benzene rings is 1. The van der Waals surface area contributed by atoms with Crippen LogP contribution >= 0.6 is 15.9 Å². The Hall–Kier alpha value is -0.630. The Morgan fingerprint density at radius 2 is 2.14 bits per heavy atom. The molecule has 0 radical (unpaired) electrons. The van der Waals surface area contributed by atoms with Crippen molar-refractivity contribution in [2.75, 3.05) is 7.11 Å². The van der Waals surface area contributed by atoms with Crippen molar-refractivity contribution in [3.05, 3.63) is 22.7 Å². The van der Waals surface area contributed by atoms with Crippen molar-refractivity contribution in [3.8, 4) is 5.75 Å². The highest BCUT2D eigenvalue weighted by molar-refractivity contribution is 9.10. The molecule has 0 aromatic heterocycles. The maximum absolute atomic E-state index is 11.1. The Labute approximate surface area is 89.8 Å². The van der Waals surface area contributed by atoms with Gasteiger partial charge in [-0.1, -0.05) is 4.89 Å². The third kappa shape index (κ3) is 2.24. The molecular formula is C7H8BrNO4S. The third-order valence-electron chi connectivity index (χ3n) is 1.55. The van der Waals surface area contributed by atoms with E-state index < -0.39 is 10.0 Å². The number of hydrogen-bond acceptors (Lipinski definition) is 4. The van der Waals surface area contributed by atoms with Crippen LogP contribution in [0.2, 0.25) is 0 Å². The maximum atomic E-state index is 11.1. The summed E-state index contributed by atoms with van der Waals surface area (Å²) in [6, 6.07) is 4.13. The summed E-state index contributed by atoms with van der Waals surface area (Å²) in [6.07, 6.45) is 0. The van der Waals surface area contributed by atoms with Crippen molar-refractivity contribution in [3.63, 3.8) is 0 Å². The Morgan fingerprint density at radius 1 is 1.50 bits per heavy atom. The first-order valence-corrected chi connectivity index (χ1v) is 5.78. The Kier molecular flexibility index (Phi) is 3.48. The average molecular weight is 282 g/mol. The molecule has 0 bridgehead atoms. The molecule has 2 N–H and O–H groups in total. The number of halogens is 1. The van der Waals surface area contributed by atoms with E-state index in [0.717, 1.165) is 0 Å². The molecule has 0 atom stereocenters. The summed E-state index contributed by atoms with van der Waals surface area (Å²) in [5.41, 5.74) is 0. The van der Waals surface area contributed by atoms with Gasteiger partial charge in [-0.05, 0) is 34.1 Å². The Morgan fingerprint density at radius 3 is 2.57 bits per heavy atom. The van der Waals surface area contributed by atoms with Gasteiger partial charge in [0.2, 0.25) is 0 Å². The predicted molar refractivity (Wildman–Crippen MR) is 52.8 cm³/mol. The van der Waals surface area contributed by atoms with Gasteiger partial charge in [0.15, 0.2) is 0 Å². The van der Waals surface area contributed by atoms with E-state index >= 15 is 0 Å². The van der Waals surface area contributed by atoms with Crippen LogP contribution in [0.25, 0.3) is 0 Å². The minimum Gasteiger partial charge on any atom is -0.496 e. The largest absolute Gasteiger partial charge is 0.496 e. The van der Waals surface area contributed by atoms with Crippen molar-refractivity contribution >= 4 is 26.0 Å². The highest BCUT2D eigenvalue weighted by Gasteiger charge is 2.14. The molecule has 0 spiro atoms. The summed E-state index contributed by atoms with van der Waals surface area (Å²) in [7, 11) is -2.35. The number of rotatable bonds is 3. The molecule has 7 heteroatoms. The molecule has 0 fully saturated rings.